The van der Waals surface area contributed by atoms with Crippen LogP contribution >= 0.6 is 0 Å². The Hall–Kier alpha value is -2.60. The Morgan fingerprint density at radius 3 is 2.74 bits per heavy atom. The third kappa shape index (κ3) is 4.20. The first kappa shape index (κ1) is 16.8. The molecule has 122 valence electrons. The fourth-order valence-corrected chi connectivity index (χ4v) is 2.13. The van der Waals surface area contributed by atoms with Gasteiger partial charge in [0.25, 0.3) is 5.91 Å². The van der Waals surface area contributed by atoms with Crippen LogP contribution in [0.4, 0.5) is 5.82 Å². The van der Waals surface area contributed by atoms with Gasteiger partial charge in [0.2, 0.25) is 0 Å². The van der Waals surface area contributed by atoms with Crippen molar-refractivity contribution in [2.75, 3.05) is 39.7 Å². The molecule has 0 atom stereocenters. The molecule has 6 nitrogen and oxygen atoms in total. The van der Waals surface area contributed by atoms with Crippen LogP contribution in [0.3, 0.4) is 0 Å². The summed E-state index contributed by atoms with van der Waals surface area (Å²) >= 11 is 0. The number of carbonyl (C=O) groups is 1. The van der Waals surface area contributed by atoms with Crippen LogP contribution in [0.1, 0.15) is 10.4 Å². The van der Waals surface area contributed by atoms with Crippen LogP contribution in [-0.4, -0.2) is 45.3 Å². The van der Waals surface area contributed by atoms with Crippen LogP contribution in [-0.2, 0) is 4.74 Å². The number of rotatable bonds is 7. The molecule has 1 heterocycles. The van der Waals surface area contributed by atoms with E-state index in [1.165, 1.54) is 0 Å². The van der Waals surface area contributed by atoms with Gasteiger partial charge in [-0.2, -0.15) is 0 Å². The maximum atomic E-state index is 12.0. The molecule has 0 aliphatic heterocycles. The van der Waals surface area contributed by atoms with Gasteiger partial charge in [-0.05, 0) is 24.3 Å². The summed E-state index contributed by atoms with van der Waals surface area (Å²) in [5.41, 5.74) is 2.18. The van der Waals surface area contributed by atoms with Crippen LogP contribution in [0.5, 0.6) is 5.75 Å². The highest BCUT2D eigenvalue weighted by molar-refractivity contribution is 5.99. The van der Waals surface area contributed by atoms with Crippen LogP contribution in [0.15, 0.2) is 36.4 Å². The molecule has 1 amide bonds. The summed E-state index contributed by atoms with van der Waals surface area (Å²) in [5, 5.41) is 5.76. The molecule has 0 radical (unpaired) electrons. The molecular formula is C17H21N3O3. The molecule has 0 aliphatic rings. The van der Waals surface area contributed by atoms with Gasteiger partial charge in [-0.3, -0.25) is 4.79 Å². The maximum absolute atomic E-state index is 12.0. The van der Waals surface area contributed by atoms with Gasteiger partial charge < -0.3 is 20.1 Å². The zero-order valence-corrected chi connectivity index (χ0v) is 13.6. The standard InChI is InChI=1S/C17H21N3O3/c1-18-17(21)14-7-8-15(20-16(14)19-9-10-22-2)12-5-4-6-13(11-12)23-3/h4-8,11H,9-10H2,1-3H3,(H,18,21)(H,19,20). The summed E-state index contributed by atoms with van der Waals surface area (Å²) in [6.45, 7) is 1.09. The lowest BCUT2D eigenvalue weighted by Gasteiger charge is -2.12. The fraction of sp³-hybridized carbons (Fsp3) is 0.294. The van der Waals surface area contributed by atoms with Crippen LogP contribution in [0.25, 0.3) is 11.3 Å². The highest BCUT2D eigenvalue weighted by Crippen LogP contribution is 2.25. The number of aromatic nitrogens is 1. The summed E-state index contributed by atoms with van der Waals surface area (Å²) in [7, 11) is 4.84. The highest BCUT2D eigenvalue weighted by atomic mass is 16.5. The lowest BCUT2D eigenvalue weighted by atomic mass is 10.1. The molecule has 2 rings (SSSR count). The number of hydrogen-bond acceptors (Lipinski definition) is 5. The van der Waals surface area contributed by atoms with Crippen LogP contribution < -0.4 is 15.4 Å². The molecule has 2 N–H and O–H groups in total. The minimum absolute atomic E-state index is 0.186. The Kier molecular flexibility index (Phi) is 5.94. The second-order valence-corrected chi connectivity index (χ2v) is 4.82. The summed E-state index contributed by atoms with van der Waals surface area (Å²) in [6.07, 6.45) is 0. The first-order chi connectivity index (χ1) is 11.2. The van der Waals surface area contributed by atoms with E-state index in [2.05, 4.69) is 15.6 Å². The third-order valence-corrected chi connectivity index (χ3v) is 3.33. The molecule has 1 aromatic carbocycles. The quantitative estimate of drug-likeness (QED) is 0.766. The molecule has 0 spiro atoms. The SMILES string of the molecule is CNC(=O)c1ccc(-c2cccc(OC)c2)nc1NCCOC. The molecule has 23 heavy (non-hydrogen) atoms. The fourth-order valence-electron chi connectivity index (χ4n) is 2.13. The number of methoxy groups -OCH3 is 2. The summed E-state index contributed by atoms with van der Waals surface area (Å²) in [4.78, 5) is 16.5. The summed E-state index contributed by atoms with van der Waals surface area (Å²) in [6, 6.07) is 11.2. The van der Waals surface area contributed by atoms with E-state index in [0.717, 1.165) is 17.0 Å². The maximum Gasteiger partial charge on any atom is 0.254 e. The molecule has 0 unspecified atom stereocenters. The normalized spacial score (nSPS) is 10.2. The van der Waals surface area contributed by atoms with E-state index in [1.54, 1.807) is 27.3 Å². The molecule has 0 saturated carbocycles. The summed E-state index contributed by atoms with van der Waals surface area (Å²) < 4.78 is 10.3. The first-order valence-electron chi connectivity index (χ1n) is 7.30. The van der Waals surface area contributed by atoms with E-state index >= 15 is 0 Å². The molecule has 6 heteroatoms. The third-order valence-electron chi connectivity index (χ3n) is 3.33. The Morgan fingerprint density at radius 1 is 1.22 bits per heavy atom. The lowest BCUT2D eigenvalue weighted by Crippen LogP contribution is -2.21. The number of nitrogens with one attached hydrogen (secondary N) is 2. The predicted octanol–water partition coefficient (Wildman–Crippen LogP) is 2.18. The molecular weight excluding hydrogens is 294 g/mol. The number of amides is 1. The Bertz CT molecular complexity index is 674. The van der Waals surface area contributed by atoms with Crippen molar-refractivity contribution in [1.29, 1.82) is 0 Å². The topological polar surface area (TPSA) is 72.5 Å². The monoisotopic (exact) mass is 315 g/mol. The second kappa shape index (κ2) is 8.14. The van der Waals surface area contributed by atoms with E-state index < -0.39 is 0 Å². The molecule has 0 aliphatic carbocycles. The predicted molar refractivity (Wildman–Crippen MR) is 90.0 cm³/mol. The van der Waals surface area contributed by atoms with Crippen molar-refractivity contribution in [2.45, 2.75) is 0 Å². The minimum atomic E-state index is -0.186. The Morgan fingerprint density at radius 2 is 2.04 bits per heavy atom. The van der Waals surface area contributed by atoms with E-state index in [9.17, 15) is 4.79 Å². The number of nitrogens with zero attached hydrogens (tertiary/aromatic N) is 1. The van der Waals surface area contributed by atoms with Gasteiger partial charge in [-0.1, -0.05) is 12.1 Å². The second-order valence-electron chi connectivity index (χ2n) is 4.82. The van der Waals surface area contributed by atoms with Gasteiger partial charge in [0.15, 0.2) is 0 Å². The van der Waals surface area contributed by atoms with Gasteiger partial charge in [0, 0.05) is 26.3 Å². The smallest absolute Gasteiger partial charge is 0.254 e. The van der Waals surface area contributed by atoms with Crippen molar-refractivity contribution in [3.05, 3.63) is 42.0 Å². The number of benzene rings is 1. The number of hydrogen-bond donors (Lipinski definition) is 2. The minimum Gasteiger partial charge on any atom is -0.497 e. The molecule has 1 aromatic heterocycles. The highest BCUT2D eigenvalue weighted by Gasteiger charge is 2.13. The average molecular weight is 315 g/mol. The van der Waals surface area contributed by atoms with E-state index in [0.29, 0.717) is 24.5 Å². The summed E-state index contributed by atoms with van der Waals surface area (Å²) in [5.74, 6) is 1.10. The van der Waals surface area contributed by atoms with Crippen molar-refractivity contribution in [2.24, 2.45) is 0 Å². The van der Waals surface area contributed by atoms with Crippen LogP contribution in [0.2, 0.25) is 0 Å². The van der Waals surface area contributed by atoms with E-state index in [-0.39, 0.29) is 5.91 Å². The Labute approximate surface area is 135 Å². The van der Waals surface area contributed by atoms with Crippen molar-refractivity contribution >= 4 is 11.7 Å². The van der Waals surface area contributed by atoms with Gasteiger partial charge >= 0.3 is 0 Å². The Balaban J connectivity index is 2.37. The zero-order chi connectivity index (χ0) is 16.7. The van der Waals surface area contributed by atoms with Gasteiger partial charge in [0.1, 0.15) is 11.6 Å². The molecule has 0 fully saturated rings. The number of carbonyl (C=O) groups excluding carboxylic acids is 1. The molecule has 0 bridgehead atoms. The number of pyridine rings is 1. The van der Waals surface area contributed by atoms with E-state index in [4.69, 9.17) is 9.47 Å². The van der Waals surface area contributed by atoms with Gasteiger partial charge in [0.05, 0.1) is 25.0 Å². The van der Waals surface area contributed by atoms with Crippen molar-refractivity contribution < 1.29 is 14.3 Å². The lowest BCUT2D eigenvalue weighted by molar-refractivity contribution is 0.0963. The van der Waals surface area contributed by atoms with Crippen molar-refractivity contribution in [3.63, 3.8) is 0 Å². The number of anilines is 1. The number of ether oxygens (including phenoxy) is 2. The average Bonchev–Trinajstić information content (AvgIpc) is 2.61. The van der Waals surface area contributed by atoms with E-state index in [1.807, 2.05) is 30.3 Å². The van der Waals surface area contributed by atoms with Crippen LogP contribution in [0, 0.1) is 0 Å². The first-order valence-corrected chi connectivity index (χ1v) is 7.30. The largest absolute Gasteiger partial charge is 0.497 e. The van der Waals surface area contributed by atoms with Gasteiger partial charge in [-0.25, -0.2) is 4.98 Å². The molecule has 0 saturated heterocycles. The van der Waals surface area contributed by atoms with Crippen molar-refractivity contribution in [3.8, 4) is 17.0 Å². The van der Waals surface area contributed by atoms with Crippen molar-refractivity contribution in [1.82, 2.24) is 10.3 Å². The molecule has 2 aromatic rings. The zero-order valence-electron chi connectivity index (χ0n) is 13.6. The van der Waals surface area contributed by atoms with Gasteiger partial charge in [-0.15, -0.1) is 0 Å².